The standard InChI is InChI=1S/C22H23F3N4O3/c1-29(2)19-12-17-16(26-20(27-17)13-7-9-31-10-8-13)11-18(19)28-21(30)14-3-5-15(6-4-14)32-22(23,24)25/h3-6,11-13H,7-10H2,1-2H3,(H,26,27)(H,28,30). The van der Waals surface area contributed by atoms with Gasteiger partial charge in [-0.2, -0.15) is 0 Å². The predicted octanol–water partition coefficient (Wildman–Crippen LogP) is 4.67. The molecule has 0 unspecified atom stereocenters. The van der Waals surface area contributed by atoms with Crippen LogP contribution in [0.25, 0.3) is 11.0 Å². The minimum absolute atomic E-state index is 0.205. The highest BCUT2D eigenvalue weighted by atomic mass is 19.4. The van der Waals surface area contributed by atoms with Crippen molar-refractivity contribution in [3.63, 3.8) is 0 Å². The highest BCUT2D eigenvalue weighted by Crippen LogP contribution is 2.33. The van der Waals surface area contributed by atoms with Gasteiger partial charge in [0.15, 0.2) is 0 Å². The maximum absolute atomic E-state index is 12.7. The fourth-order valence-electron chi connectivity index (χ4n) is 3.70. The van der Waals surface area contributed by atoms with Crippen LogP contribution in [0.15, 0.2) is 36.4 Å². The molecule has 7 nitrogen and oxygen atoms in total. The molecule has 2 aromatic carbocycles. The molecule has 1 fully saturated rings. The molecule has 0 saturated carbocycles. The summed E-state index contributed by atoms with van der Waals surface area (Å²) in [6.07, 6.45) is -2.98. The zero-order valence-corrected chi connectivity index (χ0v) is 17.6. The van der Waals surface area contributed by atoms with E-state index < -0.39 is 12.3 Å². The number of imidazole rings is 1. The molecule has 3 aromatic rings. The van der Waals surface area contributed by atoms with Crippen LogP contribution in [-0.2, 0) is 4.74 Å². The predicted molar refractivity (Wildman–Crippen MR) is 114 cm³/mol. The van der Waals surface area contributed by atoms with E-state index in [9.17, 15) is 18.0 Å². The number of amides is 1. The average Bonchev–Trinajstić information content (AvgIpc) is 3.16. The SMILES string of the molecule is CN(C)c1cc2nc(C3CCOCC3)[nH]c2cc1NC(=O)c1ccc(OC(F)(F)F)cc1. The third kappa shape index (κ3) is 4.96. The van der Waals surface area contributed by atoms with E-state index in [2.05, 4.69) is 15.0 Å². The van der Waals surface area contributed by atoms with Crippen LogP contribution in [0.1, 0.15) is 34.9 Å². The van der Waals surface area contributed by atoms with Crippen molar-refractivity contribution in [3.8, 4) is 5.75 Å². The average molecular weight is 448 g/mol. The van der Waals surface area contributed by atoms with E-state index in [1.165, 1.54) is 12.1 Å². The molecule has 1 aliphatic heterocycles. The second-order valence-electron chi connectivity index (χ2n) is 7.82. The minimum atomic E-state index is -4.78. The van der Waals surface area contributed by atoms with Crippen LogP contribution >= 0.6 is 0 Å². The molecule has 0 atom stereocenters. The molecule has 1 aromatic heterocycles. The molecular formula is C22H23F3N4O3. The van der Waals surface area contributed by atoms with Crippen LogP contribution in [0, 0.1) is 0 Å². The van der Waals surface area contributed by atoms with E-state index in [4.69, 9.17) is 9.72 Å². The lowest BCUT2D eigenvalue weighted by Gasteiger charge is -2.19. The fourth-order valence-corrected chi connectivity index (χ4v) is 3.70. The highest BCUT2D eigenvalue weighted by Gasteiger charge is 2.31. The van der Waals surface area contributed by atoms with Crippen molar-refractivity contribution in [3.05, 3.63) is 47.8 Å². The summed E-state index contributed by atoms with van der Waals surface area (Å²) in [7, 11) is 3.71. The molecule has 2 N–H and O–H groups in total. The summed E-state index contributed by atoms with van der Waals surface area (Å²) < 4.78 is 46.3. The second-order valence-corrected chi connectivity index (χ2v) is 7.82. The Morgan fingerprint density at radius 1 is 1.19 bits per heavy atom. The molecule has 2 heterocycles. The van der Waals surface area contributed by atoms with Gasteiger partial charge in [-0.3, -0.25) is 4.79 Å². The second kappa shape index (κ2) is 8.70. The topological polar surface area (TPSA) is 79.5 Å². The monoisotopic (exact) mass is 448 g/mol. The number of fused-ring (bicyclic) bond motifs is 1. The fraction of sp³-hybridized carbons (Fsp3) is 0.364. The van der Waals surface area contributed by atoms with Gasteiger partial charge in [0.05, 0.1) is 22.4 Å². The Morgan fingerprint density at radius 2 is 1.88 bits per heavy atom. The van der Waals surface area contributed by atoms with Crippen LogP contribution in [0.4, 0.5) is 24.5 Å². The minimum Gasteiger partial charge on any atom is -0.406 e. The lowest BCUT2D eigenvalue weighted by molar-refractivity contribution is -0.274. The van der Waals surface area contributed by atoms with Gasteiger partial charge in [0.2, 0.25) is 0 Å². The first kappa shape index (κ1) is 21.9. The number of benzene rings is 2. The third-order valence-electron chi connectivity index (χ3n) is 5.31. The van der Waals surface area contributed by atoms with Gasteiger partial charge in [-0.05, 0) is 49.2 Å². The smallest absolute Gasteiger partial charge is 0.406 e. The number of H-pyrrole nitrogens is 1. The molecule has 1 amide bonds. The Morgan fingerprint density at radius 3 is 2.50 bits per heavy atom. The van der Waals surface area contributed by atoms with Gasteiger partial charge in [0, 0.05) is 38.8 Å². The zero-order chi connectivity index (χ0) is 22.9. The molecule has 10 heteroatoms. The Bertz CT molecular complexity index is 1100. The van der Waals surface area contributed by atoms with Crippen LogP contribution in [0.5, 0.6) is 5.75 Å². The van der Waals surface area contributed by atoms with Gasteiger partial charge in [-0.25, -0.2) is 4.98 Å². The van der Waals surface area contributed by atoms with E-state index in [-0.39, 0.29) is 11.3 Å². The van der Waals surface area contributed by atoms with Gasteiger partial charge in [0.1, 0.15) is 11.6 Å². The lowest BCUT2D eigenvalue weighted by Crippen LogP contribution is -2.18. The number of halogens is 3. The Labute approximate surface area is 182 Å². The number of rotatable bonds is 5. The summed E-state index contributed by atoms with van der Waals surface area (Å²) in [4.78, 5) is 22.7. The molecular weight excluding hydrogens is 425 g/mol. The zero-order valence-electron chi connectivity index (χ0n) is 17.6. The summed E-state index contributed by atoms with van der Waals surface area (Å²) in [6, 6.07) is 8.48. The first-order valence-corrected chi connectivity index (χ1v) is 10.2. The molecule has 0 aliphatic carbocycles. The number of aromatic amines is 1. The first-order valence-electron chi connectivity index (χ1n) is 10.2. The van der Waals surface area contributed by atoms with E-state index in [0.717, 1.165) is 47.5 Å². The molecule has 0 radical (unpaired) electrons. The number of carbonyl (C=O) groups excluding carboxylic acids is 1. The van der Waals surface area contributed by atoms with Gasteiger partial charge in [0.25, 0.3) is 5.91 Å². The normalized spacial score (nSPS) is 15.0. The summed E-state index contributed by atoms with van der Waals surface area (Å²) in [5, 5.41) is 2.85. The van der Waals surface area contributed by atoms with Gasteiger partial charge >= 0.3 is 6.36 Å². The highest BCUT2D eigenvalue weighted by molar-refractivity contribution is 6.07. The maximum Gasteiger partial charge on any atom is 0.573 e. The van der Waals surface area contributed by atoms with Crippen molar-refractivity contribution in [2.75, 3.05) is 37.5 Å². The van der Waals surface area contributed by atoms with Crippen molar-refractivity contribution < 1.29 is 27.4 Å². The molecule has 1 aliphatic rings. The van der Waals surface area contributed by atoms with Gasteiger partial charge < -0.3 is 24.7 Å². The number of ether oxygens (including phenoxy) is 2. The summed E-state index contributed by atoms with van der Waals surface area (Å²) in [5.41, 5.74) is 3.11. The molecule has 0 bridgehead atoms. The summed E-state index contributed by atoms with van der Waals surface area (Å²) >= 11 is 0. The number of hydrogen-bond donors (Lipinski definition) is 2. The number of carbonyl (C=O) groups is 1. The number of aromatic nitrogens is 2. The summed E-state index contributed by atoms with van der Waals surface area (Å²) in [6.45, 7) is 1.41. The molecule has 1 saturated heterocycles. The maximum atomic E-state index is 12.7. The number of nitrogens with zero attached hydrogens (tertiary/aromatic N) is 2. The van der Waals surface area contributed by atoms with Crippen molar-refractivity contribution in [1.29, 1.82) is 0 Å². The molecule has 170 valence electrons. The van der Waals surface area contributed by atoms with Gasteiger partial charge in [-0.1, -0.05) is 0 Å². The first-order chi connectivity index (χ1) is 15.2. The Kier molecular flexibility index (Phi) is 5.96. The van der Waals surface area contributed by atoms with Crippen molar-refractivity contribution in [2.24, 2.45) is 0 Å². The van der Waals surface area contributed by atoms with Crippen molar-refractivity contribution in [1.82, 2.24) is 9.97 Å². The number of anilines is 2. The number of hydrogen-bond acceptors (Lipinski definition) is 5. The van der Waals surface area contributed by atoms with Crippen molar-refractivity contribution in [2.45, 2.75) is 25.1 Å². The van der Waals surface area contributed by atoms with Crippen LogP contribution in [-0.4, -0.2) is 49.5 Å². The number of nitrogens with one attached hydrogen (secondary N) is 2. The molecule has 0 spiro atoms. The summed E-state index contributed by atoms with van der Waals surface area (Å²) in [5.74, 6) is 0.365. The number of alkyl halides is 3. The lowest BCUT2D eigenvalue weighted by atomic mass is 10.00. The Balaban J connectivity index is 1.58. The third-order valence-corrected chi connectivity index (χ3v) is 5.31. The van der Waals surface area contributed by atoms with E-state index in [0.29, 0.717) is 24.8 Å². The van der Waals surface area contributed by atoms with Gasteiger partial charge in [-0.15, -0.1) is 13.2 Å². The van der Waals surface area contributed by atoms with Crippen LogP contribution in [0.2, 0.25) is 0 Å². The van der Waals surface area contributed by atoms with E-state index in [1.54, 1.807) is 0 Å². The van der Waals surface area contributed by atoms with Crippen LogP contribution < -0.4 is 15.0 Å². The van der Waals surface area contributed by atoms with Crippen LogP contribution in [0.3, 0.4) is 0 Å². The van der Waals surface area contributed by atoms with E-state index in [1.807, 2.05) is 31.1 Å². The quantitative estimate of drug-likeness (QED) is 0.593. The molecule has 4 rings (SSSR count). The van der Waals surface area contributed by atoms with E-state index >= 15 is 0 Å². The molecule has 32 heavy (non-hydrogen) atoms. The van der Waals surface area contributed by atoms with Crippen molar-refractivity contribution >= 4 is 28.3 Å². The largest absolute Gasteiger partial charge is 0.573 e. The Hall–Kier alpha value is -3.27.